The zero-order chi connectivity index (χ0) is 7.98. The van der Waals surface area contributed by atoms with E-state index in [1.165, 1.54) is 0 Å². The van der Waals surface area contributed by atoms with E-state index in [9.17, 15) is 0 Å². The van der Waals surface area contributed by atoms with Crippen molar-refractivity contribution in [1.29, 1.82) is 0 Å². The first-order valence-electron chi connectivity index (χ1n) is 3.08. The Morgan fingerprint density at radius 3 is 1.90 bits per heavy atom. The highest BCUT2D eigenvalue weighted by Crippen LogP contribution is 2.46. The maximum Gasteiger partial charge on any atom is 0.162 e. The second-order valence-electron chi connectivity index (χ2n) is 1.63. The third kappa shape index (κ3) is 5.76. The summed E-state index contributed by atoms with van der Waals surface area (Å²) >= 11 is 11.0. The van der Waals surface area contributed by atoms with Gasteiger partial charge in [-0.1, -0.05) is 42.0 Å². The van der Waals surface area contributed by atoms with Crippen LogP contribution in [0.5, 0.6) is 0 Å². The van der Waals surface area contributed by atoms with Crippen molar-refractivity contribution in [2.45, 2.75) is 13.8 Å². The highest BCUT2D eigenvalue weighted by Gasteiger charge is 1.96. The van der Waals surface area contributed by atoms with E-state index in [2.05, 4.69) is 25.2 Å². The molecular formula is C6H10Cl2P2. The smallest absolute Gasteiger partial charge is 0.0696 e. The van der Waals surface area contributed by atoms with E-state index in [0.717, 1.165) is 12.3 Å². The van der Waals surface area contributed by atoms with Crippen LogP contribution in [0.4, 0.5) is 0 Å². The summed E-state index contributed by atoms with van der Waals surface area (Å²) < 4.78 is 0. The molecule has 0 heterocycles. The van der Waals surface area contributed by atoms with E-state index in [1.54, 1.807) is 0 Å². The first kappa shape index (κ1) is 11.0. The first-order chi connectivity index (χ1) is 4.70. The van der Waals surface area contributed by atoms with Crippen LogP contribution in [-0.4, -0.2) is 12.3 Å². The van der Waals surface area contributed by atoms with Crippen molar-refractivity contribution < 1.29 is 0 Å². The Balaban J connectivity index is 3.74. The second kappa shape index (κ2) is 6.69. The Morgan fingerprint density at radius 1 is 1.10 bits per heavy atom. The van der Waals surface area contributed by atoms with Gasteiger partial charge in [0.05, 0.1) is 0 Å². The van der Waals surface area contributed by atoms with Gasteiger partial charge in [0.2, 0.25) is 0 Å². The van der Waals surface area contributed by atoms with Crippen LogP contribution in [0.25, 0.3) is 0 Å². The highest BCUT2D eigenvalue weighted by molar-refractivity contribution is 8.07. The molecule has 4 heteroatoms. The highest BCUT2D eigenvalue weighted by atomic mass is 35.9. The summed E-state index contributed by atoms with van der Waals surface area (Å²) in [5, 5.41) is 0. The first-order valence-corrected chi connectivity index (χ1v) is 7.95. The summed E-state index contributed by atoms with van der Waals surface area (Å²) in [6, 6.07) is 0. The standard InChI is InChI=1S/C6H10Cl2P2/c1-3-9(4-2)5-6-10(7)8/h3-4H2,1-2H3. The van der Waals surface area contributed by atoms with Crippen LogP contribution >= 0.6 is 37.0 Å². The molecule has 0 rings (SSSR count). The number of hydrogen-bond acceptors (Lipinski definition) is 0. The van der Waals surface area contributed by atoms with Crippen molar-refractivity contribution in [1.82, 2.24) is 0 Å². The molecule has 0 N–H and O–H groups in total. The van der Waals surface area contributed by atoms with Crippen LogP contribution in [0, 0.1) is 11.3 Å². The largest absolute Gasteiger partial charge is 0.162 e. The zero-order valence-electron chi connectivity index (χ0n) is 6.06. The topological polar surface area (TPSA) is 0 Å². The van der Waals surface area contributed by atoms with E-state index in [-0.39, 0.29) is 7.92 Å². The summed E-state index contributed by atoms with van der Waals surface area (Å²) in [5.74, 6) is 0. The normalized spacial score (nSPS) is 9.80. The maximum atomic E-state index is 5.50. The monoisotopic (exact) mass is 214 g/mol. The lowest BCUT2D eigenvalue weighted by Gasteiger charge is -2.00. The molecular weight excluding hydrogens is 205 g/mol. The van der Waals surface area contributed by atoms with E-state index >= 15 is 0 Å². The molecule has 0 aromatic rings. The fourth-order valence-electron chi connectivity index (χ4n) is 0.490. The molecule has 0 spiro atoms. The van der Waals surface area contributed by atoms with Crippen molar-refractivity contribution >= 4 is 37.0 Å². The van der Waals surface area contributed by atoms with Gasteiger partial charge >= 0.3 is 0 Å². The number of halogens is 2. The molecule has 0 saturated heterocycles. The molecule has 0 fully saturated rings. The summed E-state index contributed by atoms with van der Waals surface area (Å²) in [4.78, 5) is 0. The summed E-state index contributed by atoms with van der Waals surface area (Å²) in [6.07, 6.45) is 2.30. The fraction of sp³-hybridized carbons (Fsp3) is 0.667. The van der Waals surface area contributed by atoms with Gasteiger partial charge in [-0.15, -0.1) is 0 Å². The summed E-state index contributed by atoms with van der Waals surface area (Å²) in [5.41, 5.74) is 5.92. The molecule has 0 bridgehead atoms. The van der Waals surface area contributed by atoms with Crippen LogP contribution < -0.4 is 0 Å². The third-order valence-electron chi connectivity index (χ3n) is 1.06. The van der Waals surface area contributed by atoms with Crippen molar-refractivity contribution in [3.63, 3.8) is 0 Å². The summed E-state index contributed by atoms with van der Waals surface area (Å²) in [6.45, 7) is 3.25. The van der Waals surface area contributed by atoms with E-state index in [0.29, 0.717) is 0 Å². The lowest BCUT2D eigenvalue weighted by Crippen LogP contribution is -1.76. The zero-order valence-corrected chi connectivity index (χ0v) is 9.37. The van der Waals surface area contributed by atoms with Crippen LogP contribution in [0.15, 0.2) is 0 Å². The van der Waals surface area contributed by atoms with Gasteiger partial charge < -0.3 is 0 Å². The minimum atomic E-state index is -1.04. The molecule has 0 unspecified atom stereocenters. The second-order valence-corrected chi connectivity index (χ2v) is 7.43. The summed E-state index contributed by atoms with van der Waals surface area (Å²) in [7, 11) is -0.103. The molecule has 0 aromatic carbocycles. The SMILES string of the molecule is CCP(C#CP(Cl)Cl)CC. The maximum absolute atomic E-state index is 5.50. The van der Waals surface area contributed by atoms with Crippen molar-refractivity contribution in [2.75, 3.05) is 12.3 Å². The van der Waals surface area contributed by atoms with Crippen molar-refractivity contribution in [3.05, 3.63) is 0 Å². The van der Waals surface area contributed by atoms with Crippen molar-refractivity contribution in [2.24, 2.45) is 0 Å². The average molecular weight is 215 g/mol. The number of hydrogen-bond donors (Lipinski definition) is 0. The molecule has 0 atom stereocenters. The molecule has 58 valence electrons. The quantitative estimate of drug-likeness (QED) is 0.477. The van der Waals surface area contributed by atoms with Gasteiger partial charge in [-0.05, 0) is 25.9 Å². The lowest BCUT2D eigenvalue weighted by molar-refractivity contribution is 1.43. The molecule has 0 aliphatic heterocycles. The Bertz CT molecular complexity index is 132. The lowest BCUT2D eigenvalue weighted by atomic mass is 11.0. The molecule has 0 aliphatic carbocycles. The Morgan fingerprint density at radius 2 is 1.60 bits per heavy atom. The van der Waals surface area contributed by atoms with Gasteiger partial charge in [-0.25, -0.2) is 0 Å². The minimum absolute atomic E-state index is 0.103. The predicted molar refractivity (Wildman–Crippen MR) is 54.4 cm³/mol. The van der Waals surface area contributed by atoms with E-state index in [1.807, 2.05) is 0 Å². The van der Waals surface area contributed by atoms with Crippen LogP contribution in [-0.2, 0) is 0 Å². The Labute approximate surface area is 74.8 Å². The van der Waals surface area contributed by atoms with Gasteiger partial charge in [0.1, 0.15) is 0 Å². The fourth-order valence-corrected chi connectivity index (χ4v) is 2.80. The van der Waals surface area contributed by atoms with Gasteiger partial charge in [0.25, 0.3) is 0 Å². The predicted octanol–water partition coefficient (Wildman–Crippen LogP) is 4.22. The van der Waals surface area contributed by atoms with E-state index in [4.69, 9.17) is 22.5 Å². The molecule has 10 heavy (non-hydrogen) atoms. The molecule has 0 nitrogen and oxygen atoms in total. The van der Waals surface area contributed by atoms with Gasteiger partial charge in [-0.3, -0.25) is 0 Å². The Kier molecular flexibility index (Phi) is 7.36. The van der Waals surface area contributed by atoms with Crippen molar-refractivity contribution in [3.8, 4) is 11.3 Å². The van der Waals surface area contributed by atoms with Crippen LogP contribution in [0.3, 0.4) is 0 Å². The molecule has 0 radical (unpaired) electrons. The van der Waals surface area contributed by atoms with E-state index < -0.39 is 6.63 Å². The average Bonchev–Trinajstić information content (AvgIpc) is 1.90. The molecule has 0 amide bonds. The van der Waals surface area contributed by atoms with Crippen LogP contribution in [0.1, 0.15) is 13.8 Å². The minimum Gasteiger partial charge on any atom is -0.0696 e. The van der Waals surface area contributed by atoms with Gasteiger partial charge in [0, 0.05) is 0 Å². The third-order valence-corrected chi connectivity index (χ3v) is 3.98. The molecule has 0 aliphatic rings. The van der Waals surface area contributed by atoms with Crippen LogP contribution in [0.2, 0.25) is 0 Å². The number of rotatable bonds is 2. The molecule has 0 saturated carbocycles. The van der Waals surface area contributed by atoms with Gasteiger partial charge in [0.15, 0.2) is 6.63 Å². The molecule has 0 aromatic heterocycles. The Hall–Kier alpha value is 1.00. The van der Waals surface area contributed by atoms with Gasteiger partial charge in [-0.2, -0.15) is 0 Å².